The number of ether oxygens (including phenoxy) is 2. The third-order valence-electron chi connectivity index (χ3n) is 2.69. The number of carbonyl (C=O) groups excluding carboxylic acids is 1. The zero-order valence-electron chi connectivity index (χ0n) is 9.60. The van der Waals surface area contributed by atoms with Gasteiger partial charge in [-0.3, -0.25) is 4.68 Å². The molecule has 1 aromatic heterocycles. The molecule has 0 bridgehead atoms. The molecular formula is C11H16N2O3. The van der Waals surface area contributed by atoms with Gasteiger partial charge in [-0.15, -0.1) is 0 Å². The van der Waals surface area contributed by atoms with Crippen LogP contribution in [0.25, 0.3) is 0 Å². The van der Waals surface area contributed by atoms with E-state index in [-0.39, 0.29) is 12.0 Å². The molecular weight excluding hydrogens is 208 g/mol. The van der Waals surface area contributed by atoms with E-state index in [1.54, 1.807) is 13.1 Å². The van der Waals surface area contributed by atoms with Crippen LogP contribution in [0, 0.1) is 6.92 Å². The van der Waals surface area contributed by atoms with E-state index in [1.807, 2.05) is 11.6 Å². The van der Waals surface area contributed by atoms with Gasteiger partial charge in [-0.1, -0.05) is 0 Å². The molecule has 2 heterocycles. The van der Waals surface area contributed by atoms with E-state index >= 15 is 0 Å². The van der Waals surface area contributed by atoms with Crippen molar-refractivity contribution in [2.45, 2.75) is 26.3 Å². The zero-order chi connectivity index (χ0) is 11.5. The second kappa shape index (κ2) is 4.65. The lowest BCUT2D eigenvalue weighted by Crippen LogP contribution is -2.09. The van der Waals surface area contributed by atoms with E-state index in [0.717, 1.165) is 13.0 Å². The second-order valence-electron chi connectivity index (χ2n) is 3.85. The Balaban J connectivity index is 2.17. The predicted molar refractivity (Wildman–Crippen MR) is 57.4 cm³/mol. The maximum Gasteiger partial charge on any atom is 0.341 e. The summed E-state index contributed by atoms with van der Waals surface area (Å²) in [6.07, 6.45) is 2.70. The minimum Gasteiger partial charge on any atom is -0.462 e. The molecule has 1 aliphatic rings. The van der Waals surface area contributed by atoms with Gasteiger partial charge in [0.1, 0.15) is 5.56 Å². The monoisotopic (exact) mass is 224 g/mol. The van der Waals surface area contributed by atoms with E-state index in [1.165, 1.54) is 0 Å². The number of hydrogen-bond donors (Lipinski definition) is 0. The highest BCUT2D eigenvalue weighted by atomic mass is 16.5. The van der Waals surface area contributed by atoms with Gasteiger partial charge in [-0.05, 0) is 20.3 Å². The largest absolute Gasteiger partial charge is 0.462 e. The van der Waals surface area contributed by atoms with Crippen molar-refractivity contribution in [1.29, 1.82) is 0 Å². The van der Waals surface area contributed by atoms with Crippen LogP contribution in [0.4, 0.5) is 0 Å². The number of carbonyl (C=O) groups is 1. The van der Waals surface area contributed by atoms with Crippen LogP contribution in [-0.4, -0.2) is 35.6 Å². The Morgan fingerprint density at radius 3 is 3.19 bits per heavy atom. The Kier molecular flexibility index (Phi) is 3.24. The summed E-state index contributed by atoms with van der Waals surface area (Å²) in [5.74, 6) is -0.301. The van der Waals surface area contributed by atoms with Gasteiger partial charge in [0.2, 0.25) is 0 Å². The summed E-state index contributed by atoms with van der Waals surface area (Å²) in [5, 5.41) is 4.33. The Morgan fingerprint density at radius 1 is 1.75 bits per heavy atom. The number of hydrogen-bond acceptors (Lipinski definition) is 4. The van der Waals surface area contributed by atoms with Crippen LogP contribution in [0.3, 0.4) is 0 Å². The van der Waals surface area contributed by atoms with Gasteiger partial charge in [-0.25, -0.2) is 4.79 Å². The average molecular weight is 224 g/mol. The standard InChI is InChI=1S/C11H16N2O3/c1-3-16-11(14)10-6-13(12-8(10)2)9-4-5-15-7-9/h6,9H,3-5,7H2,1-2H3. The molecule has 0 saturated carbocycles. The molecule has 88 valence electrons. The molecule has 5 nitrogen and oxygen atoms in total. The Hall–Kier alpha value is -1.36. The molecule has 1 fully saturated rings. The van der Waals surface area contributed by atoms with Gasteiger partial charge >= 0.3 is 5.97 Å². The Morgan fingerprint density at radius 2 is 2.56 bits per heavy atom. The summed E-state index contributed by atoms with van der Waals surface area (Å²) in [4.78, 5) is 11.6. The highest BCUT2D eigenvalue weighted by Gasteiger charge is 2.22. The first kappa shape index (κ1) is 11.1. The Bertz CT molecular complexity index is 381. The quantitative estimate of drug-likeness (QED) is 0.727. The normalized spacial score (nSPS) is 20.0. The van der Waals surface area contributed by atoms with E-state index in [4.69, 9.17) is 9.47 Å². The molecule has 0 aliphatic carbocycles. The number of aromatic nitrogens is 2. The molecule has 0 N–H and O–H groups in total. The number of aryl methyl sites for hydroxylation is 1. The molecule has 0 spiro atoms. The van der Waals surface area contributed by atoms with Crippen molar-refractivity contribution in [2.24, 2.45) is 0 Å². The van der Waals surface area contributed by atoms with Gasteiger partial charge < -0.3 is 9.47 Å². The molecule has 1 saturated heterocycles. The van der Waals surface area contributed by atoms with Crippen molar-refractivity contribution in [3.05, 3.63) is 17.5 Å². The maximum absolute atomic E-state index is 11.6. The fraction of sp³-hybridized carbons (Fsp3) is 0.636. The lowest BCUT2D eigenvalue weighted by Gasteiger charge is -2.06. The molecule has 0 radical (unpaired) electrons. The lowest BCUT2D eigenvalue weighted by atomic mass is 10.2. The predicted octanol–water partition coefficient (Wildman–Crippen LogP) is 1.33. The molecule has 1 aliphatic heterocycles. The van der Waals surface area contributed by atoms with Crippen molar-refractivity contribution >= 4 is 5.97 Å². The van der Waals surface area contributed by atoms with Crippen molar-refractivity contribution in [3.63, 3.8) is 0 Å². The summed E-state index contributed by atoms with van der Waals surface area (Å²) in [5.41, 5.74) is 1.26. The van der Waals surface area contributed by atoms with E-state index in [9.17, 15) is 4.79 Å². The van der Waals surface area contributed by atoms with Crippen LogP contribution in [-0.2, 0) is 9.47 Å². The van der Waals surface area contributed by atoms with Crippen LogP contribution in [0.2, 0.25) is 0 Å². The minimum absolute atomic E-state index is 0.252. The minimum atomic E-state index is -0.301. The smallest absolute Gasteiger partial charge is 0.341 e. The summed E-state index contributed by atoms with van der Waals surface area (Å²) < 4.78 is 12.1. The van der Waals surface area contributed by atoms with Crippen LogP contribution in [0.15, 0.2) is 6.20 Å². The maximum atomic E-state index is 11.6. The molecule has 1 atom stereocenters. The SMILES string of the molecule is CCOC(=O)c1cn(C2CCOC2)nc1C. The molecule has 0 aromatic carbocycles. The van der Waals surface area contributed by atoms with Gasteiger partial charge in [0, 0.05) is 12.8 Å². The number of rotatable bonds is 3. The first-order chi connectivity index (χ1) is 7.72. The molecule has 5 heteroatoms. The summed E-state index contributed by atoms with van der Waals surface area (Å²) in [6.45, 7) is 5.43. The summed E-state index contributed by atoms with van der Waals surface area (Å²) in [7, 11) is 0. The topological polar surface area (TPSA) is 53.4 Å². The van der Waals surface area contributed by atoms with Crippen LogP contribution < -0.4 is 0 Å². The van der Waals surface area contributed by atoms with Crippen molar-refractivity contribution in [3.8, 4) is 0 Å². The van der Waals surface area contributed by atoms with E-state index in [2.05, 4.69) is 5.10 Å². The first-order valence-electron chi connectivity index (χ1n) is 5.53. The summed E-state index contributed by atoms with van der Waals surface area (Å²) in [6, 6.07) is 0.252. The fourth-order valence-corrected chi connectivity index (χ4v) is 1.81. The van der Waals surface area contributed by atoms with Crippen LogP contribution >= 0.6 is 0 Å². The van der Waals surface area contributed by atoms with Gasteiger partial charge in [0.15, 0.2) is 0 Å². The first-order valence-corrected chi connectivity index (χ1v) is 5.53. The summed E-state index contributed by atoms with van der Waals surface area (Å²) >= 11 is 0. The van der Waals surface area contributed by atoms with Gasteiger partial charge in [-0.2, -0.15) is 5.10 Å². The highest BCUT2D eigenvalue weighted by Crippen LogP contribution is 2.20. The Labute approximate surface area is 94.3 Å². The van der Waals surface area contributed by atoms with E-state index in [0.29, 0.717) is 24.5 Å². The van der Waals surface area contributed by atoms with Gasteiger partial charge in [0.25, 0.3) is 0 Å². The zero-order valence-corrected chi connectivity index (χ0v) is 9.60. The van der Waals surface area contributed by atoms with Crippen molar-refractivity contribution in [2.75, 3.05) is 19.8 Å². The molecule has 0 amide bonds. The van der Waals surface area contributed by atoms with E-state index < -0.39 is 0 Å². The second-order valence-corrected chi connectivity index (χ2v) is 3.85. The molecule has 2 rings (SSSR count). The average Bonchev–Trinajstić information content (AvgIpc) is 2.86. The van der Waals surface area contributed by atoms with Crippen LogP contribution in [0.5, 0.6) is 0 Å². The van der Waals surface area contributed by atoms with Crippen molar-refractivity contribution < 1.29 is 14.3 Å². The van der Waals surface area contributed by atoms with Crippen LogP contribution in [0.1, 0.15) is 35.4 Å². The molecule has 1 aromatic rings. The molecule has 1 unspecified atom stereocenters. The lowest BCUT2D eigenvalue weighted by molar-refractivity contribution is 0.0525. The number of esters is 1. The van der Waals surface area contributed by atoms with Gasteiger partial charge in [0.05, 0.1) is 24.9 Å². The third kappa shape index (κ3) is 2.09. The molecule has 16 heavy (non-hydrogen) atoms. The fourth-order valence-electron chi connectivity index (χ4n) is 1.81. The number of nitrogens with zero attached hydrogens (tertiary/aromatic N) is 2. The van der Waals surface area contributed by atoms with Crippen molar-refractivity contribution in [1.82, 2.24) is 9.78 Å². The third-order valence-corrected chi connectivity index (χ3v) is 2.69. The highest BCUT2D eigenvalue weighted by molar-refractivity contribution is 5.90.